The summed E-state index contributed by atoms with van der Waals surface area (Å²) in [5.41, 5.74) is 5.10. The van der Waals surface area contributed by atoms with Gasteiger partial charge < -0.3 is 49.3 Å². The lowest BCUT2D eigenvalue weighted by atomic mass is 9.98. The molecule has 2 fully saturated rings. The maximum Gasteiger partial charge on any atom is 0.407 e. The molecule has 58 heavy (non-hydrogen) atoms. The number of benzene rings is 2. The first kappa shape index (κ1) is 40.1. The first-order valence-electron chi connectivity index (χ1n) is 19.9. The van der Waals surface area contributed by atoms with E-state index in [4.69, 9.17) is 23.9 Å². The quantitative estimate of drug-likeness (QED) is 0.140. The van der Waals surface area contributed by atoms with E-state index in [1.165, 1.54) is 14.2 Å². The van der Waals surface area contributed by atoms with Gasteiger partial charge in [0.2, 0.25) is 11.8 Å². The molecule has 0 radical (unpaired) electrons. The molecule has 5 heterocycles. The number of fused-ring (bicyclic) bond motifs is 1. The number of carbonyl (C=O) groups is 4. The number of nitrogens with one attached hydrogen (secondary N) is 4. The molecule has 16 nitrogen and oxygen atoms in total. The number of alkyl carbamates (subject to hydrolysis) is 2. The van der Waals surface area contributed by atoms with Crippen molar-refractivity contribution in [2.45, 2.75) is 77.5 Å². The van der Waals surface area contributed by atoms with E-state index in [2.05, 4.69) is 25.6 Å². The summed E-state index contributed by atoms with van der Waals surface area (Å²) in [6.07, 6.45) is 5.41. The maximum absolute atomic E-state index is 13.7. The van der Waals surface area contributed by atoms with Crippen LogP contribution in [0, 0.1) is 11.8 Å². The van der Waals surface area contributed by atoms with Crippen molar-refractivity contribution < 1.29 is 38.1 Å². The highest BCUT2D eigenvalue weighted by atomic mass is 16.6. The lowest BCUT2D eigenvalue weighted by Crippen LogP contribution is -2.51. The van der Waals surface area contributed by atoms with Gasteiger partial charge in [-0.3, -0.25) is 9.59 Å². The zero-order valence-corrected chi connectivity index (χ0v) is 33.8. The van der Waals surface area contributed by atoms with E-state index in [9.17, 15) is 19.2 Å². The number of amides is 4. The summed E-state index contributed by atoms with van der Waals surface area (Å²) >= 11 is 0. The number of likely N-dealkylation sites (tertiary alicyclic amines) is 2. The second kappa shape index (κ2) is 17.2. The molecular weight excluding hydrogens is 745 g/mol. The number of methoxy groups -OCH3 is 2. The molecule has 3 aliphatic heterocycles. The van der Waals surface area contributed by atoms with Crippen LogP contribution in [0.5, 0.6) is 11.5 Å². The summed E-state index contributed by atoms with van der Waals surface area (Å²) < 4.78 is 22.0. The van der Waals surface area contributed by atoms with Crippen LogP contribution in [0.4, 0.5) is 9.59 Å². The molecule has 16 heteroatoms. The number of H-pyrrole nitrogens is 2. The Kier molecular flexibility index (Phi) is 11.9. The minimum absolute atomic E-state index is 0.120. The normalized spacial score (nSPS) is 18.6. The van der Waals surface area contributed by atoms with Gasteiger partial charge in [0.25, 0.3) is 0 Å². The monoisotopic (exact) mass is 796 g/mol. The molecule has 0 spiro atoms. The summed E-state index contributed by atoms with van der Waals surface area (Å²) in [5, 5.41) is 5.39. The fourth-order valence-electron chi connectivity index (χ4n) is 8.09. The molecule has 4 N–H and O–H groups in total. The largest absolute Gasteiger partial charge is 0.485 e. The van der Waals surface area contributed by atoms with Crippen molar-refractivity contribution in [2.24, 2.45) is 11.8 Å². The van der Waals surface area contributed by atoms with Crippen LogP contribution in [0.1, 0.15) is 77.1 Å². The standard InChI is InChI=1S/C42H52N8O8/c1-23(2)33(47-41(53)55-5)39(51)49-17-7-9-31(49)37-43-21-29(45-37)26-13-11-25(12-14-26)27-15-16-28(36-35(27)57-19-20-58-36)30-22-44-38(46-30)32-10-8-18-50(32)40(52)34(24(3)4)48-42(54)56-6/h11-16,21-24,31-34H,7-10,17-20H2,1-6H3,(H,43,45)(H,44,46)(H,47,53)(H,48,54). The molecule has 0 bridgehead atoms. The van der Waals surface area contributed by atoms with Gasteiger partial charge in [-0.1, -0.05) is 52.0 Å². The molecule has 0 saturated carbocycles. The van der Waals surface area contributed by atoms with Crippen LogP contribution in [0.25, 0.3) is 33.6 Å². The summed E-state index contributed by atoms with van der Waals surface area (Å²) in [7, 11) is 2.57. The van der Waals surface area contributed by atoms with E-state index in [0.717, 1.165) is 59.3 Å². The third kappa shape index (κ3) is 8.04. The molecule has 3 aliphatic rings. The Morgan fingerprint density at radius 2 is 1.12 bits per heavy atom. The number of carbonyl (C=O) groups excluding carboxylic acids is 4. The van der Waals surface area contributed by atoms with Crippen LogP contribution in [0.15, 0.2) is 48.8 Å². The van der Waals surface area contributed by atoms with Crippen LogP contribution in [-0.4, -0.2) is 106 Å². The van der Waals surface area contributed by atoms with Crippen molar-refractivity contribution in [1.29, 1.82) is 0 Å². The van der Waals surface area contributed by atoms with Crippen molar-refractivity contribution in [3.05, 3.63) is 60.4 Å². The Labute approximate surface area is 337 Å². The summed E-state index contributed by atoms with van der Waals surface area (Å²) in [5.74, 6) is 2.03. The zero-order chi connectivity index (χ0) is 41.1. The van der Waals surface area contributed by atoms with E-state index in [-0.39, 0.29) is 35.7 Å². The summed E-state index contributed by atoms with van der Waals surface area (Å²) in [4.78, 5) is 71.2. The van der Waals surface area contributed by atoms with Crippen molar-refractivity contribution in [2.75, 3.05) is 40.5 Å². The van der Waals surface area contributed by atoms with Crippen molar-refractivity contribution in [3.8, 4) is 45.1 Å². The predicted octanol–water partition coefficient (Wildman–Crippen LogP) is 5.99. The molecule has 0 aliphatic carbocycles. The average Bonchev–Trinajstić information content (AvgIpc) is 4.08. The summed E-state index contributed by atoms with van der Waals surface area (Å²) in [6.45, 7) is 9.50. The minimum atomic E-state index is -0.722. The van der Waals surface area contributed by atoms with Gasteiger partial charge in [0.05, 0.1) is 50.1 Å². The van der Waals surface area contributed by atoms with Crippen LogP contribution in [-0.2, 0) is 19.1 Å². The number of ether oxygens (including phenoxy) is 4. The zero-order valence-electron chi connectivity index (χ0n) is 33.8. The lowest BCUT2D eigenvalue weighted by molar-refractivity contribution is -0.136. The average molecular weight is 797 g/mol. The Morgan fingerprint density at radius 3 is 1.62 bits per heavy atom. The topological polar surface area (TPSA) is 193 Å². The number of hydrogen-bond donors (Lipinski definition) is 4. The van der Waals surface area contributed by atoms with Crippen LogP contribution in [0.2, 0.25) is 0 Å². The van der Waals surface area contributed by atoms with Gasteiger partial charge in [-0.2, -0.15) is 0 Å². The SMILES string of the molecule is COC(=O)NC(C(=O)N1CCCC1c1ncc(-c2ccc(-c3ccc(-c4cnc(C5CCCN5C(=O)C(NC(=O)OC)C(C)C)[nH]4)c4c3OCCO4)cc2)[nH]1)C(C)C. The van der Waals surface area contributed by atoms with E-state index < -0.39 is 24.3 Å². The maximum atomic E-state index is 13.7. The summed E-state index contributed by atoms with van der Waals surface area (Å²) in [6, 6.07) is 10.2. The van der Waals surface area contributed by atoms with Crippen LogP contribution < -0.4 is 20.1 Å². The van der Waals surface area contributed by atoms with E-state index in [1.807, 2.05) is 64.1 Å². The Morgan fingerprint density at radius 1 is 0.672 bits per heavy atom. The minimum Gasteiger partial charge on any atom is -0.485 e. The highest BCUT2D eigenvalue weighted by Gasteiger charge is 2.39. The van der Waals surface area contributed by atoms with E-state index in [0.29, 0.717) is 49.5 Å². The van der Waals surface area contributed by atoms with Crippen LogP contribution >= 0.6 is 0 Å². The van der Waals surface area contributed by atoms with Gasteiger partial charge in [-0.15, -0.1) is 0 Å². The van der Waals surface area contributed by atoms with Crippen LogP contribution in [0.3, 0.4) is 0 Å². The number of rotatable bonds is 11. The molecule has 2 saturated heterocycles. The molecule has 4 atom stereocenters. The van der Waals surface area contributed by atoms with Gasteiger partial charge in [-0.25, -0.2) is 19.6 Å². The molecular formula is C42H52N8O8. The van der Waals surface area contributed by atoms with Crippen molar-refractivity contribution >= 4 is 24.0 Å². The third-order valence-electron chi connectivity index (χ3n) is 11.2. The smallest absolute Gasteiger partial charge is 0.407 e. The van der Waals surface area contributed by atoms with Gasteiger partial charge in [0, 0.05) is 24.2 Å². The number of hydrogen-bond acceptors (Lipinski definition) is 10. The first-order chi connectivity index (χ1) is 28.0. The fourth-order valence-corrected chi connectivity index (χ4v) is 8.09. The molecule has 4 aromatic rings. The second-order valence-electron chi connectivity index (χ2n) is 15.6. The Balaban J connectivity index is 1.08. The van der Waals surface area contributed by atoms with E-state index >= 15 is 0 Å². The Hall–Kier alpha value is -6.06. The van der Waals surface area contributed by atoms with Gasteiger partial charge in [-0.05, 0) is 60.8 Å². The highest BCUT2D eigenvalue weighted by molar-refractivity contribution is 5.87. The molecule has 2 aromatic heterocycles. The first-order valence-corrected chi connectivity index (χ1v) is 19.9. The number of nitrogens with zero attached hydrogens (tertiary/aromatic N) is 4. The molecule has 4 amide bonds. The number of imidazole rings is 2. The Bertz CT molecular complexity index is 2130. The highest BCUT2D eigenvalue weighted by Crippen LogP contribution is 2.46. The number of aromatic amines is 2. The lowest BCUT2D eigenvalue weighted by Gasteiger charge is -2.30. The molecule has 2 aromatic carbocycles. The second-order valence-corrected chi connectivity index (χ2v) is 15.6. The molecule has 4 unspecified atom stereocenters. The third-order valence-corrected chi connectivity index (χ3v) is 11.2. The van der Waals surface area contributed by atoms with Crippen molar-refractivity contribution in [1.82, 2.24) is 40.4 Å². The molecule has 7 rings (SSSR count). The predicted molar refractivity (Wildman–Crippen MR) is 214 cm³/mol. The number of aromatic nitrogens is 4. The van der Waals surface area contributed by atoms with Gasteiger partial charge >= 0.3 is 12.2 Å². The van der Waals surface area contributed by atoms with E-state index in [1.54, 1.807) is 22.2 Å². The van der Waals surface area contributed by atoms with Gasteiger partial charge in [0.1, 0.15) is 36.9 Å². The molecule has 308 valence electrons. The van der Waals surface area contributed by atoms with Crippen molar-refractivity contribution in [3.63, 3.8) is 0 Å². The fraction of sp³-hybridized carbons (Fsp3) is 0.476. The van der Waals surface area contributed by atoms with Gasteiger partial charge in [0.15, 0.2) is 11.5 Å².